The van der Waals surface area contributed by atoms with E-state index in [0.717, 1.165) is 17.0 Å². The molecule has 0 saturated carbocycles. The van der Waals surface area contributed by atoms with Crippen molar-refractivity contribution in [3.8, 4) is 0 Å². The number of hydrogen-bond acceptors (Lipinski definition) is 4. The maximum absolute atomic E-state index is 14.6. The van der Waals surface area contributed by atoms with Gasteiger partial charge in [-0.05, 0) is 35.7 Å². The SMILES string of the molecule is [B]C(NC(=O)C(F)(F)c1ccc(Cl)cc1)c1ccc2c(c1)CN([C@@]1([B])CCC(=O)NC1=O)C2=O. The predicted molar refractivity (Wildman–Crippen MR) is 119 cm³/mol. The van der Waals surface area contributed by atoms with Gasteiger partial charge in [0.15, 0.2) is 0 Å². The van der Waals surface area contributed by atoms with Gasteiger partial charge in [-0.25, -0.2) is 0 Å². The van der Waals surface area contributed by atoms with Crippen molar-refractivity contribution in [1.29, 1.82) is 0 Å². The Hall–Kier alpha value is -3.20. The fourth-order valence-electron chi connectivity index (χ4n) is 3.93. The number of carbonyl (C=O) groups is 4. The van der Waals surface area contributed by atoms with Crippen molar-refractivity contribution >= 4 is 50.9 Å². The van der Waals surface area contributed by atoms with E-state index in [-0.39, 0.29) is 35.5 Å². The fraction of sp³-hybridized carbons (Fsp3) is 0.273. The molecule has 4 radical (unpaired) electrons. The molecule has 2 aromatic carbocycles. The van der Waals surface area contributed by atoms with Gasteiger partial charge in [-0.2, -0.15) is 8.78 Å². The molecule has 0 spiro atoms. The molecule has 1 fully saturated rings. The Morgan fingerprint density at radius 3 is 2.50 bits per heavy atom. The lowest BCUT2D eigenvalue weighted by atomic mass is 9.70. The Morgan fingerprint density at radius 1 is 1.18 bits per heavy atom. The average molecular weight is 481 g/mol. The molecule has 34 heavy (non-hydrogen) atoms. The Bertz CT molecular complexity index is 1210. The molecule has 4 rings (SSSR count). The summed E-state index contributed by atoms with van der Waals surface area (Å²) >= 11 is 5.71. The molecule has 2 aliphatic rings. The second kappa shape index (κ2) is 8.54. The molecule has 2 aliphatic heterocycles. The standard InChI is InChI=1S/C22H16B2ClF2N3O4/c23-17(29-20(34)22(26,27)13-2-4-14(25)5-3-13)11-1-6-15-12(9-11)10-30(18(15)32)21(24)8-7-16(31)28-19(21)33/h1-6,9,17H,7-8,10H2,(H,29,34)(H,28,31,33)/t17?,21-/m0/s1. The summed E-state index contributed by atoms with van der Waals surface area (Å²) in [6.07, 6.45) is -0.0635. The third-order valence-electron chi connectivity index (χ3n) is 5.93. The number of benzene rings is 2. The van der Waals surface area contributed by atoms with Crippen molar-refractivity contribution in [2.24, 2.45) is 0 Å². The predicted octanol–water partition coefficient (Wildman–Crippen LogP) is 1.67. The van der Waals surface area contributed by atoms with Gasteiger partial charge in [0.25, 0.3) is 11.8 Å². The van der Waals surface area contributed by atoms with Crippen LogP contribution >= 0.6 is 11.6 Å². The van der Waals surface area contributed by atoms with Crippen LogP contribution in [0.4, 0.5) is 8.78 Å². The van der Waals surface area contributed by atoms with Gasteiger partial charge >= 0.3 is 5.92 Å². The van der Waals surface area contributed by atoms with Crippen LogP contribution in [0.5, 0.6) is 0 Å². The molecule has 0 bridgehead atoms. The number of fused-ring (bicyclic) bond motifs is 1. The molecule has 4 amide bonds. The normalized spacial score (nSPS) is 21.1. The Labute approximate surface area is 201 Å². The maximum Gasteiger partial charge on any atom is 0.349 e. The van der Waals surface area contributed by atoms with Gasteiger partial charge in [-0.15, -0.1) is 0 Å². The van der Waals surface area contributed by atoms with E-state index < -0.39 is 46.5 Å². The van der Waals surface area contributed by atoms with Crippen molar-refractivity contribution in [2.75, 3.05) is 0 Å². The maximum atomic E-state index is 14.6. The highest BCUT2D eigenvalue weighted by Crippen LogP contribution is 2.34. The van der Waals surface area contributed by atoms with E-state index in [1.54, 1.807) is 0 Å². The summed E-state index contributed by atoms with van der Waals surface area (Å²) in [6.45, 7) is -0.0539. The minimum absolute atomic E-state index is 0.0215. The van der Waals surface area contributed by atoms with Gasteiger partial charge in [-0.3, -0.25) is 24.5 Å². The lowest BCUT2D eigenvalue weighted by Crippen LogP contribution is -2.63. The zero-order valence-electron chi connectivity index (χ0n) is 17.6. The lowest BCUT2D eigenvalue weighted by molar-refractivity contribution is -0.147. The molecule has 170 valence electrons. The topological polar surface area (TPSA) is 95.6 Å². The first kappa shape index (κ1) is 23.9. The lowest BCUT2D eigenvalue weighted by Gasteiger charge is -2.40. The number of hydrogen-bond donors (Lipinski definition) is 2. The average Bonchev–Trinajstić information content (AvgIpc) is 3.13. The van der Waals surface area contributed by atoms with Crippen LogP contribution in [-0.4, -0.2) is 49.7 Å². The van der Waals surface area contributed by atoms with Crippen LogP contribution in [0.1, 0.15) is 45.8 Å². The van der Waals surface area contributed by atoms with E-state index in [9.17, 15) is 28.0 Å². The van der Waals surface area contributed by atoms with Crippen LogP contribution in [0.15, 0.2) is 42.5 Å². The Kier molecular flexibility index (Phi) is 6.01. The largest absolute Gasteiger partial charge is 0.352 e. The van der Waals surface area contributed by atoms with Crippen LogP contribution in [0.3, 0.4) is 0 Å². The van der Waals surface area contributed by atoms with Crippen LogP contribution in [0.2, 0.25) is 5.02 Å². The number of nitrogens with zero attached hydrogens (tertiary/aromatic N) is 1. The highest BCUT2D eigenvalue weighted by atomic mass is 35.5. The minimum Gasteiger partial charge on any atom is -0.352 e. The van der Waals surface area contributed by atoms with Crippen molar-refractivity contribution in [1.82, 2.24) is 15.5 Å². The molecule has 2 aromatic rings. The number of alkyl halides is 2. The molecular formula is C22H16B2ClF2N3O4. The molecule has 2 N–H and O–H groups in total. The van der Waals surface area contributed by atoms with Crippen molar-refractivity contribution in [3.05, 3.63) is 69.7 Å². The highest BCUT2D eigenvalue weighted by Gasteiger charge is 2.48. The number of amides is 4. The highest BCUT2D eigenvalue weighted by molar-refractivity contribution is 6.32. The number of piperidine rings is 1. The van der Waals surface area contributed by atoms with Crippen LogP contribution in [0, 0.1) is 0 Å². The third-order valence-corrected chi connectivity index (χ3v) is 6.18. The summed E-state index contributed by atoms with van der Waals surface area (Å²) in [5.41, 5.74) is -1.28. The number of carbonyl (C=O) groups excluding carboxylic acids is 4. The first-order valence-electron chi connectivity index (χ1n) is 10.2. The molecule has 0 aliphatic carbocycles. The summed E-state index contributed by atoms with van der Waals surface area (Å²) in [5.74, 6) is -8.54. The quantitative estimate of drug-likeness (QED) is 0.502. The molecule has 12 heteroatoms. The smallest absolute Gasteiger partial charge is 0.349 e. The molecule has 7 nitrogen and oxygen atoms in total. The van der Waals surface area contributed by atoms with Gasteiger partial charge in [0, 0.05) is 35.1 Å². The first-order chi connectivity index (χ1) is 15.9. The minimum atomic E-state index is -3.86. The zero-order valence-corrected chi connectivity index (χ0v) is 18.4. The van der Waals surface area contributed by atoms with Crippen molar-refractivity contribution in [3.63, 3.8) is 0 Å². The Morgan fingerprint density at radius 2 is 1.85 bits per heavy atom. The van der Waals surface area contributed by atoms with Gasteiger partial charge in [0.1, 0.15) is 15.7 Å². The fourth-order valence-corrected chi connectivity index (χ4v) is 4.06. The molecule has 2 atom stereocenters. The van der Waals surface area contributed by atoms with Crippen LogP contribution < -0.4 is 10.6 Å². The number of imide groups is 1. The summed E-state index contributed by atoms with van der Waals surface area (Å²) in [4.78, 5) is 50.1. The van der Waals surface area contributed by atoms with Gasteiger partial charge in [-0.1, -0.05) is 35.9 Å². The summed E-state index contributed by atoms with van der Waals surface area (Å²) in [6, 6.07) is 8.89. The monoisotopic (exact) mass is 481 g/mol. The summed E-state index contributed by atoms with van der Waals surface area (Å²) in [5, 5.41) is 4.46. The van der Waals surface area contributed by atoms with Gasteiger partial charge in [0.05, 0.1) is 5.44 Å². The zero-order chi connectivity index (χ0) is 24.8. The van der Waals surface area contributed by atoms with Crippen molar-refractivity contribution in [2.45, 2.75) is 36.7 Å². The summed E-state index contributed by atoms with van der Waals surface area (Å²) < 4.78 is 29.1. The molecule has 0 aromatic heterocycles. The molecule has 2 heterocycles. The van der Waals surface area contributed by atoms with Crippen LogP contribution in [-0.2, 0) is 26.9 Å². The van der Waals surface area contributed by atoms with E-state index >= 15 is 0 Å². The second-order valence-corrected chi connectivity index (χ2v) is 8.58. The molecule has 1 unspecified atom stereocenters. The van der Waals surface area contributed by atoms with E-state index in [0.29, 0.717) is 5.56 Å². The van der Waals surface area contributed by atoms with E-state index in [4.69, 9.17) is 27.3 Å². The van der Waals surface area contributed by atoms with Crippen LogP contribution in [0.25, 0.3) is 0 Å². The first-order valence-corrected chi connectivity index (χ1v) is 10.6. The summed E-state index contributed by atoms with van der Waals surface area (Å²) in [7, 11) is 12.1. The second-order valence-electron chi connectivity index (χ2n) is 8.14. The molecular weight excluding hydrogens is 465 g/mol. The van der Waals surface area contributed by atoms with Gasteiger partial charge < -0.3 is 10.2 Å². The number of rotatable bonds is 5. The van der Waals surface area contributed by atoms with E-state index in [1.807, 2.05) is 0 Å². The Balaban J connectivity index is 1.51. The number of nitrogens with one attached hydrogen (secondary N) is 2. The number of halogens is 3. The van der Waals surface area contributed by atoms with E-state index in [2.05, 4.69) is 10.6 Å². The molecule has 1 saturated heterocycles. The van der Waals surface area contributed by atoms with Gasteiger partial charge in [0.2, 0.25) is 11.8 Å². The van der Waals surface area contributed by atoms with Crippen molar-refractivity contribution < 1.29 is 28.0 Å². The third kappa shape index (κ3) is 4.09. The van der Waals surface area contributed by atoms with E-state index in [1.165, 1.54) is 30.3 Å².